The number of nitrogens with zero attached hydrogens (tertiary/aromatic N) is 3. The first-order chi connectivity index (χ1) is 7.34. The molecule has 3 heterocycles. The molecule has 2 aromatic heterocycles. The van der Waals surface area contributed by atoms with Crippen molar-refractivity contribution in [3.8, 4) is 0 Å². The fourth-order valence-electron chi connectivity index (χ4n) is 2.41. The van der Waals surface area contributed by atoms with Crippen LogP contribution in [-0.4, -0.2) is 34.4 Å². The average molecular weight is 201 g/mol. The smallest absolute Gasteiger partial charge is 0.117 e. The second-order valence-corrected chi connectivity index (χ2v) is 4.36. The summed E-state index contributed by atoms with van der Waals surface area (Å²) >= 11 is 0. The summed E-state index contributed by atoms with van der Waals surface area (Å²) in [5.41, 5.74) is 1.20. The van der Waals surface area contributed by atoms with E-state index in [-0.39, 0.29) is 0 Å². The zero-order valence-electron chi connectivity index (χ0n) is 8.93. The van der Waals surface area contributed by atoms with Crippen LogP contribution in [0.15, 0.2) is 30.6 Å². The van der Waals surface area contributed by atoms with E-state index in [1.165, 1.54) is 24.3 Å². The standard InChI is InChI=1S/C12H15N3/c1-14-7-5-10(9-14)12-13-8-11-4-2-3-6-15(11)12/h2-4,6,8,10H,5,7,9H2,1H3. The molecular formula is C12H15N3. The van der Waals surface area contributed by atoms with E-state index in [1.54, 1.807) is 0 Å². The third kappa shape index (κ3) is 1.43. The molecule has 3 nitrogen and oxygen atoms in total. The molecule has 3 heteroatoms. The third-order valence-electron chi connectivity index (χ3n) is 3.22. The average Bonchev–Trinajstić information content (AvgIpc) is 2.83. The number of rotatable bonds is 1. The highest BCUT2D eigenvalue weighted by molar-refractivity contribution is 5.46. The van der Waals surface area contributed by atoms with Crippen LogP contribution in [0.2, 0.25) is 0 Å². The van der Waals surface area contributed by atoms with Gasteiger partial charge < -0.3 is 9.30 Å². The molecule has 0 N–H and O–H groups in total. The summed E-state index contributed by atoms with van der Waals surface area (Å²) < 4.78 is 2.21. The highest BCUT2D eigenvalue weighted by Gasteiger charge is 2.24. The van der Waals surface area contributed by atoms with Crippen molar-refractivity contribution >= 4 is 5.52 Å². The van der Waals surface area contributed by atoms with E-state index >= 15 is 0 Å². The lowest BCUT2D eigenvalue weighted by molar-refractivity contribution is 0.409. The monoisotopic (exact) mass is 201 g/mol. The molecule has 1 unspecified atom stereocenters. The molecule has 78 valence electrons. The van der Waals surface area contributed by atoms with E-state index in [9.17, 15) is 0 Å². The lowest BCUT2D eigenvalue weighted by atomic mass is 10.1. The molecule has 0 amide bonds. The first-order valence-corrected chi connectivity index (χ1v) is 5.45. The van der Waals surface area contributed by atoms with Gasteiger partial charge in [-0.15, -0.1) is 0 Å². The maximum absolute atomic E-state index is 4.55. The van der Waals surface area contributed by atoms with Gasteiger partial charge in [-0.25, -0.2) is 4.98 Å². The number of likely N-dealkylation sites (N-methyl/N-ethyl adjacent to an activating group) is 1. The number of aromatic nitrogens is 2. The number of fused-ring (bicyclic) bond motifs is 1. The van der Waals surface area contributed by atoms with Crippen LogP contribution >= 0.6 is 0 Å². The Kier molecular flexibility index (Phi) is 1.99. The minimum atomic E-state index is 0.597. The fraction of sp³-hybridized carbons (Fsp3) is 0.417. The van der Waals surface area contributed by atoms with Gasteiger partial charge in [0.25, 0.3) is 0 Å². The van der Waals surface area contributed by atoms with Crippen molar-refractivity contribution < 1.29 is 0 Å². The molecule has 0 saturated carbocycles. The molecule has 1 saturated heterocycles. The van der Waals surface area contributed by atoms with Crippen molar-refractivity contribution in [2.24, 2.45) is 0 Å². The third-order valence-corrected chi connectivity index (χ3v) is 3.22. The Morgan fingerprint density at radius 1 is 1.40 bits per heavy atom. The largest absolute Gasteiger partial charge is 0.306 e. The van der Waals surface area contributed by atoms with Crippen LogP contribution in [-0.2, 0) is 0 Å². The predicted octanol–water partition coefficient (Wildman–Crippen LogP) is 1.75. The second-order valence-electron chi connectivity index (χ2n) is 4.36. The molecule has 1 aliphatic rings. The summed E-state index contributed by atoms with van der Waals surface area (Å²) in [5.74, 6) is 1.81. The number of likely N-dealkylation sites (tertiary alicyclic amines) is 1. The van der Waals surface area contributed by atoms with Gasteiger partial charge in [-0.2, -0.15) is 0 Å². The first-order valence-electron chi connectivity index (χ1n) is 5.45. The lowest BCUT2D eigenvalue weighted by Crippen LogP contribution is -2.14. The Morgan fingerprint density at radius 3 is 3.13 bits per heavy atom. The van der Waals surface area contributed by atoms with Crippen LogP contribution in [0.1, 0.15) is 18.2 Å². The number of hydrogen-bond acceptors (Lipinski definition) is 2. The molecular weight excluding hydrogens is 186 g/mol. The minimum Gasteiger partial charge on any atom is -0.306 e. The van der Waals surface area contributed by atoms with Gasteiger partial charge in [0.1, 0.15) is 5.82 Å². The maximum atomic E-state index is 4.55. The summed E-state index contributed by atoms with van der Waals surface area (Å²) in [6.45, 7) is 2.32. The predicted molar refractivity (Wildman–Crippen MR) is 60.0 cm³/mol. The molecule has 0 aromatic carbocycles. The summed E-state index contributed by atoms with van der Waals surface area (Å²) in [5, 5.41) is 0. The van der Waals surface area contributed by atoms with Gasteiger partial charge >= 0.3 is 0 Å². The molecule has 0 aliphatic carbocycles. The minimum absolute atomic E-state index is 0.597. The Morgan fingerprint density at radius 2 is 2.33 bits per heavy atom. The summed E-state index contributed by atoms with van der Waals surface area (Å²) in [7, 11) is 2.18. The highest BCUT2D eigenvalue weighted by atomic mass is 15.1. The summed E-state index contributed by atoms with van der Waals surface area (Å²) in [6, 6.07) is 6.23. The van der Waals surface area contributed by atoms with Gasteiger partial charge in [0.2, 0.25) is 0 Å². The Hall–Kier alpha value is -1.35. The molecule has 0 spiro atoms. The normalized spacial score (nSPS) is 22.6. The molecule has 0 radical (unpaired) electrons. The van der Waals surface area contributed by atoms with Crippen LogP contribution in [0.5, 0.6) is 0 Å². The lowest BCUT2D eigenvalue weighted by Gasteiger charge is -2.09. The molecule has 1 fully saturated rings. The van der Waals surface area contributed by atoms with Crippen LogP contribution in [0.25, 0.3) is 5.52 Å². The fourth-order valence-corrected chi connectivity index (χ4v) is 2.41. The van der Waals surface area contributed by atoms with Crippen molar-refractivity contribution in [1.29, 1.82) is 0 Å². The zero-order valence-corrected chi connectivity index (χ0v) is 8.93. The zero-order chi connectivity index (χ0) is 10.3. The molecule has 15 heavy (non-hydrogen) atoms. The van der Waals surface area contributed by atoms with E-state index in [2.05, 4.69) is 45.7 Å². The van der Waals surface area contributed by atoms with Gasteiger partial charge in [-0.05, 0) is 32.1 Å². The number of pyridine rings is 1. The molecule has 2 aromatic rings. The van der Waals surface area contributed by atoms with Crippen LogP contribution in [0, 0.1) is 0 Å². The number of hydrogen-bond donors (Lipinski definition) is 0. The van der Waals surface area contributed by atoms with E-state index in [0.717, 1.165) is 6.54 Å². The van der Waals surface area contributed by atoms with Crippen molar-refractivity contribution in [2.45, 2.75) is 12.3 Å². The second kappa shape index (κ2) is 3.35. The van der Waals surface area contributed by atoms with E-state index in [1.807, 2.05) is 6.20 Å². The van der Waals surface area contributed by atoms with Gasteiger partial charge in [0, 0.05) is 18.7 Å². The van der Waals surface area contributed by atoms with Crippen molar-refractivity contribution in [3.63, 3.8) is 0 Å². The van der Waals surface area contributed by atoms with E-state index < -0.39 is 0 Å². The van der Waals surface area contributed by atoms with Crippen molar-refractivity contribution in [1.82, 2.24) is 14.3 Å². The Bertz CT molecular complexity index is 474. The van der Waals surface area contributed by atoms with Gasteiger partial charge in [-0.3, -0.25) is 0 Å². The van der Waals surface area contributed by atoms with Crippen LogP contribution in [0.4, 0.5) is 0 Å². The van der Waals surface area contributed by atoms with E-state index in [0.29, 0.717) is 5.92 Å². The van der Waals surface area contributed by atoms with Crippen molar-refractivity contribution in [2.75, 3.05) is 20.1 Å². The SMILES string of the molecule is CN1CCC(c2ncc3ccccn23)C1. The van der Waals surface area contributed by atoms with Crippen LogP contribution < -0.4 is 0 Å². The number of imidazole rings is 1. The van der Waals surface area contributed by atoms with E-state index in [4.69, 9.17) is 0 Å². The van der Waals surface area contributed by atoms with Gasteiger partial charge in [0.15, 0.2) is 0 Å². The van der Waals surface area contributed by atoms with Crippen molar-refractivity contribution in [3.05, 3.63) is 36.4 Å². The topological polar surface area (TPSA) is 20.5 Å². The molecule has 0 bridgehead atoms. The van der Waals surface area contributed by atoms with Gasteiger partial charge in [0.05, 0.1) is 11.7 Å². The van der Waals surface area contributed by atoms with Crippen LogP contribution in [0.3, 0.4) is 0 Å². The highest BCUT2D eigenvalue weighted by Crippen LogP contribution is 2.25. The van der Waals surface area contributed by atoms with Gasteiger partial charge in [-0.1, -0.05) is 6.07 Å². The summed E-state index contributed by atoms with van der Waals surface area (Å²) in [4.78, 5) is 6.92. The quantitative estimate of drug-likeness (QED) is 0.700. The Labute approximate surface area is 89.3 Å². The molecule has 3 rings (SSSR count). The molecule has 1 aliphatic heterocycles. The summed E-state index contributed by atoms with van der Waals surface area (Å²) in [6.07, 6.45) is 5.30. The first kappa shape index (κ1) is 8.92. The Balaban J connectivity index is 2.04. The maximum Gasteiger partial charge on any atom is 0.117 e. The molecule has 1 atom stereocenters.